The second-order valence-electron chi connectivity index (χ2n) is 9.95. The van der Waals surface area contributed by atoms with Crippen molar-refractivity contribution < 1.29 is 14.3 Å². The van der Waals surface area contributed by atoms with Gasteiger partial charge in [-0.3, -0.25) is 0 Å². The topological polar surface area (TPSA) is 70.7 Å². The van der Waals surface area contributed by atoms with Gasteiger partial charge in [0, 0.05) is 26.2 Å². The van der Waals surface area contributed by atoms with Gasteiger partial charge in [-0.2, -0.15) is 0 Å². The molecule has 0 atom stereocenters. The number of amides is 3. The number of nitrogens with zero attached hydrogens (tertiary/aromatic N) is 1. The zero-order valence-corrected chi connectivity index (χ0v) is 20.3. The molecule has 0 radical (unpaired) electrons. The van der Waals surface area contributed by atoms with Crippen LogP contribution in [0.3, 0.4) is 0 Å². The molecule has 1 aliphatic heterocycles. The number of likely N-dealkylation sites (tertiary alicyclic amines) is 1. The number of benzene rings is 2. The summed E-state index contributed by atoms with van der Waals surface area (Å²) in [5.74, 6) is 0.638. The van der Waals surface area contributed by atoms with Gasteiger partial charge in [0.05, 0.1) is 0 Å². The fourth-order valence-electron chi connectivity index (χ4n) is 3.95. The van der Waals surface area contributed by atoms with Gasteiger partial charge < -0.3 is 20.3 Å². The zero-order chi connectivity index (χ0) is 23.8. The van der Waals surface area contributed by atoms with Crippen molar-refractivity contribution in [3.05, 3.63) is 70.8 Å². The number of alkyl carbamates (subject to hydrolysis) is 1. The number of piperidine rings is 1. The van der Waals surface area contributed by atoms with Crippen molar-refractivity contribution in [2.24, 2.45) is 5.92 Å². The zero-order valence-electron chi connectivity index (χ0n) is 20.3. The monoisotopic (exact) mass is 451 g/mol. The summed E-state index contributed by atoms with van der Waals surface area (Å²) in [6.07, 6.45) is 2.74. The van der Waals surface area contributed by atoms with Gasteiger partial charge in [0.1, 0.15) is 5.60 Å². The number of nitrogens with one attached hydrogen (secondary N) is 2. The SMILES string of the molecule is Cc1ccc(CC2CCN(C(=O)NCc3ccc(CNC(=O)OC(C)(C)C)cc3)CC2)cc1. The van der Waals surface area contributed by atoms with Crippen LogP contribution in [-0.2, 0) is 24.2 Å². The normalized spacial score (nSPS) is 14.6. The van der Waals surface area contributed by atoms with Crippen LogP contribution in [0.25, 0.3) is 0 Å². The number of hydrogen-bond donors (Lipinski definition) is 2. The summed E-state index contributed by atoms with van der Waals surface area (Å²) in [6, 6.07) is 16.6. The van der Waals surface area contributed by atoms with Crippen LogP contribution in [0.2, 0.25) is 0 Å². The molecule has 1 saturated heterocycles. The van der Waals surface area contributed by atoms with E-state index < -0.39 is 11.7 Å². The molecule has 0 bridgehead atoms. The van der Waals surface area contributed by atoms with E-state index in [4.69, 9.17) is 4.74 Å². The first kappa shape index (κ1) is 24.6. The second kappa shape index (κ2) is 11.2. The quantitative estimate of drug-likeness (QED) is 0.635. The molecule has 0 spiro atoms. The maximum atomic E-state index is 12.6. The number of aryl methyl sites for hydroxylation is 1. The summed E-state index contributed by atoms with van der Waals surface area (Å²) >= 11 is 0. The highest BCUT2D eigenvalue weighted by Gasteiger charge is 2.22. The molecule has 1 heterocycles. The first-order valence-electron chi connectivity index (χ1n) is 11.8. The molecular formula is C27H37N3O3. The Hall–Kier alpha value is -3.02. The highest BCUT2D eigenvalue weighted by molar-refractivity contribution is 5.74. The maximum Gasteiger partial charge on any atom is 0.407 e. The highest BCUT2D eigenvalue weighted by Crippen LogP contribution is 2.22. The summed E-state index contributed by atoms with van der Waals surface area (Å²) in [5, 5.41) is 5.78. The first-order valence-corrected chi connectivity index (χ1v) is 11.8. The predicted octanol–water partition coefficient (Wildman–Crippen LogP) is 5.18. The van der Waals surface area contributed by atoms with E-state index in [0.717, 1.165) is 43.5 Å². The Morgan fingerprint density at radius 1 is 0.879 bits per heavy atom. The molecule has 33 heavy (non-hydrogen) atoms. The van der Waals surface area contributed by atoms with Gasteiger partial charge in [-0.1, -0.05) is 54.1 Å². The summed E-state index contributed by atoms with van der Waals surface area (Å²) in [6.45, 7) is 10.1. The van der Waals surface area contributed by atoms with Gasteiger partial charge in [-0.05, 0) is 69.6 Å². The molecule has 6 nitrogen and oxygen atoms in total. The standard InChI is InChI=1S/C27H37N3O3/c1-20-5-7-21(8-6-20)17-22-13-15-30(16-14-22)25(31)28-18-23-9-11-24(12-10-23)19-29-26(32)33-27(2,3)4/h5-12,22H,13-19H2,1-4H3,(H,28,31)(H,29,32). The molecule has 2 aromatic rings. The minimum absolute atomic E-state index is 0.000505. The average Bonchev–Trinajstić information content (AvgIpc) is 2.78. The van der Waals surface area contributed by atoms with E-state index >= 15 is 0 Å². The van der Waals surface area contributed by atoms with Gasteiger partial charge in [0.25, 0.3) is 0 Å². The number of rotatable bonds is 6. The van der Waals surface area contributed by atoms with E-state index in [0.29, 0.717) is 19.0 Å². The van der Waals surface area contributed by atoms with E-state index in [1.807, 2.05) is 49.9 Å². The largest absolute Gasteiger partial charge is 0.444 e. The van der Waals surface area contributed by atoms with Crippen LogP contribution < -0.4 is 10.6 Å². The number of carbonyl (C=O) groups excluding carboxylic acids is 2. The van der Waals surface area contributed by atoms with Crippen LogP contribution in [0.15, 0.2) is 48.5 Å². The molecule has 1 aliphatic rings. The van der Waals surface area contributed by atoms with Crippen molar-refractivity contribution in [2.45, 2.75) is 65.6 Å². The minimum Gasteiger partial charge on any atom is -0.444 e. The Morgan fingerprint density at radius 3 is 1.94 bits per heavy atom. The Bertz CT molecular complexity index is 909. The summed E-state index contributed by atoms with van der Waals surface area (Å²) < 4.78 is 5.24. The lowest BCUT2D eigenvalue weighted by Crippen LogP contribution is -2.44. The molecule has 0 aliphatic carbocycles. The predicted molar refractivity (Wildman–Crippen MR) is 131 cm³/mol. The summed E-state index contributed by atoms with van der Waals surface area (Å²) in [7, 11) is 0. The Kier molecular flexibility index (Phi) is 8.37. The first-order chi connectivity index (χ1) is 15.7. The molecule has 0 unspecified atom stereocenters. The van der Waals surface area contributed by atoms with Crippen LogP contribution in [0.1, 0.15) is 55.9 Å². The average molecular weight is 452 g/mol. The molecular weight excluding hydrogens is 414 g/mol. The van der Waals surface area contributed by atoms with E-state index in [1.165, 1.54) is 11.1 Å². The lowest BCUT2D eigenvalue weighted by atomic mass is 9.90. The molecule has 1 fully saturated rings. The number of hydrogen-bond acceptors (Lipinski definition) is 3. The number of ether oxygens (including phenoxy) is 1. The third-order valence-electron chi connectivity index (χ3n) is 5.85. The van der Waals surface area contributed by atoms with Crippen LogP contribution >= 0.6 is 0 Å². The highest BCUT2D eigenvalue weighted by atomic mass is 16.6. The Balaban J connectivity index is 1.36. The smallest absolute Gasteiger partial charge is 0.407 e. The van der Waals surface area contributed by atoms with Crippen molar-refractivity contribution in [1.29, 1.82) is 0 Å². The number of carbonyl (C=O) groups is 2. The minimum atomic E-state index is -0.511. The molecule has 0 saturated carbocycles. The van der Waals surface area contributed by atoms with Gasteiger partial charge in [0.15, 0.2) is 0 Å². The summed E-state index contributed by atoms with van der Waals surface area (Å²) in [4.78, 5) is 26.3. The summed E-state index contributed by atoms with van der Waals surface area (Å²) in [5.41, 5.74) is 4.17. The van der Waals surface area contributed by atoms with E-state index in [2.05, 4.69) is 41.8 Å². The Morgan fingerprint density at radius 2 is 1.39 bits per heavy atom. The molecule has 3 amide bonds. The number of urea groups is 1. The lowest BCUT2D eigenvalue weighted by Gasteiger charge is -2.32. The third kappa shape index (κ3) is 8.44. The van der Waals surface area contributed by atoms with Gasteiger partial charge in [-0.25, -0.2) is 9.59 Å². The van der Waals surface area contributed by atoms with Crippen molar-refractivity contribution in [3.63, 3.8) is 0 Å². The van der Waals surface area contributed by atoms with Gasteiger partial charge in [-0.15, -0.1) is 0 Å². The van der Waals surface area contributed by atoms with Crippen LogP contribution in [0, 0.1) is 12.8 Å². The fraction of sp³-hybridized carbons (Fsp3) is 0.481. The van der Waals surface area contributed by atoms with Crippen LogP contribution in [0.4, 0.5) is 9.59 Å². The molecule has 0 aromatic heterocycles. The maximum absolute atomic E-state index is 12.6. The van der Waals surface area contributed by atoms with Crippen molar-refractivity contribution >= 4 is 12.1 Å². The fourth-order valence-corrected chi connectivity index (χ4v) is 3.95. The Labute approximate surface area is 197 Å². The second-order valence-corrected chi connectivity index (χ2v) is 9.95. The lowest BCUT2D eigenvalue weighted by molar-refractivity contribution is 0.0523. The van der Waals surface area contributed by atoms with Gasteiger partial charge in [0.2, 0.25) is 0 Å². The van der Waals surface area contributed by atoms with E-state index in [1.54, 1.807) is 0 Å². The van der Waals surface area contributed by atoms with Crippen LogP contribution in [-0.4, -0.2) is 35.7 Å². The molecule has 6 heteroatoms. The van der Waals surface area contributed by atoms with E-state index in [-0.39, 0.29) is 6.03 Å². The molecule has 2 N–H and O–H groups in total. The van der Waals surface area contributed by atoms with Crippen molar-refractivity contribution in [2.75, 3.05) is 13.1 Å². The molecule has 2 aromatic carbocycles. The molecule has 3 rings (SSSR count). The van der Waals surface area contributed by atoms with Crippen molar-refractivity contribution in [3.8, 4) is 0 Å². The molecule has 178 valence electrons. The van der Waals surface area contributed by atoms with E-state index in [9.17, 15) is 9.59 Å². The third-order valence-corrected chi connectivity index (χ3v) is 5.85. The van der Waals surface area contributed by atoms with Crippen molar-refractivity contribution in [1.82, 2.24) is 15.5 Å². The van der Waals surface area contributed by atoms with Crippen LogP contribution in [0.5, 0.6) is 0 Å². The van der Waals surface area contributed by atoms with Gasteiger partial charge >= 0.3 is 12.1 Å².